The van der Waals surface area contributed by atoms with E-state index in [-0.39, 0.29) is 12.3 Å². The van der Waals surface area contributed by atoms with Gasteiger partial charge in [-0.15, -0.1) is 0 Å². The van der Waals surface area contributed by atoms with Crippen molar-refractivity contribution in [1.82, 2.24) is 5.27 Å². The molecule has 3 aromatic rings. The van der Waals surface area contributed by atoms with E-state index >= 15 is 0 Å². The Labute approximate surface area is 182 Å². The third-order valence-corrected chi connectivity index (χ3v) is 5.70. The highest BCUT2D eigenvalue weighted by molar-refractivity contribution is 7.99. The zero-order valence-corrected chi connectivity index (χ0v) is 18.2. The van der Waals surface area contributed by atoms with E-state index in [4.69, 9.17) is 25.6 Å². The minimum absolute atomic E-state index is 0.183. The van der Waals surface area contributed by atoms with Gasteiger partial charge in [0.1, 0.15) is 11.5 Å². The second kappa shape index (κ2) is 9.73. The first-order valence-electron chi connectivity index (χ1n) is 8.97. The number of hydrogen-bond acceptors (Lipinski definition) is 6. The Morgan fingerprint density at radius 3 is 2.63 bits per heavy atom. The van der Waals surface area contributed by atoms with Crippen LogP contribution < -0.4 is 25.1 Å². The Morgan fingerprint density at radius 2 is 1.97 bits per heavy atom. The largest absolute Gasteiger partial charge is 0.497 e. The number of hydrogen-bond donors (Lipinski definition) is 2. The van der Waals surface area contributed by atoms with Crippen molar-refractivity contribution in [2.75, 3.05) is 25.3 Å². The zero-order chi connectivity index (χ0) is 21.7. The van der Waals surface area contributed by atoms with E-state index in [0.29, 0.717) is 38.7 Å². The normalized spacial score (nSPS) is 10.7. The van der Waals surface area contributed by atoms with Crippen LogP contribution in [-0.4, -0.2) is 31.2 Å². The van der Waals surface area contributed by atoms with Crippen LogP contribution in [0.1, 0.15) is 12.0 Å². The first-order chi connectivity index (χ1) is 14.4. The van der Waals surface area contributed by atoms with Crippen LogP contribution in [0.25, 0.3) is 5.69 Å². The molecule has 158 valence electrons. The number of H-pyrrole nitrogens is 1. The molecule has 2 N–H and O–H groups in total. The number of thioether (sulfide) groups is 1. The number of anilines is 1. The summed E-state index contributed by atoms with van der Waals surface area (Å²) in [5, 5.41) is 6.29. The van der Waals surface area contributed by atoms with E-state index in [0.717, 1.165) is 5.56 Å². The predicted molar refractivity (Wildman–Crippen MR) is 114 cm³/mol. The molecule has 0 saturated carbocycles. The Bertz CT molecular complexity index is 1090. The molecule has 0 spiro atoms. The lowest BCUT2D eigenvalue weighted by molar-refractivity contribution is -0.704. The van der Waals surface area contributed by atoms with Gasteiger partial charge in [-0.05, 0) is 52.4 Å². The summed E-state index contributed by atoms with van der Waals surface area (Å²) in [6.07, 6.45) is 0.183. The number of nitrogens with zero attached hydrogens (tertiary/aromatic N) is 1. The van der Waals surface area contributed by atoms with E-state index in [2.05, 4.69) is 10.6 Å². The van der Waals surface area contributed by atoms with Crippen molar-refractivity contribution in [2.24, 2.45) is 0 Å². The minimum Gasteiger partial charge on any atom is -0.497 e. The first kappa shape index (κ1) is 21.8. The van der Waals surface area contributed by atoms with E-state index < -0.39 is 5.63 Å². The molecule has 8 nitrogen and oxygen atoms in total. The van der Waals surface area contributed by atoms with Gasteiger partial charge in [0.2, 0.25) is 11.6 Å². The van der Waals surface area contributed by atoms with Crippen molar-refractivity contribution in [3.63, 3.8) is 0 Å². The van der Waals surface area contributed by atoms with Gasteiger partial charge in [-0.2, -0.15) is 0 Å². The summed E-state index contributed by atoms with van der Waals surface area (Å²) in [6, 6.07) is 10.5. The predicted octanol–water partition coefficient (Wildman–Crippen LogP) is 3.34. The molecule has 0 aliphatic heterocycles. The van der Waals surface area contributed by atoms with Crippen LogP contribution in [0.4, 0.5) is 5.69 Å². The number of rotatable bonds is 8. The molecular formula is C20H21ClN3O5S+. The molecular weight excluding hydrogens is 430 g/mol. The monoisotopic (exact) mass is 450 g/mol. The molecule has 0 aliphatic rings. The number of halogens is 1. The number of aryl methyl sites for hydroxylation is 1. The SMILES string of the molecule is COc1ccc(-[n+]2[nH]oc(=O)c2SCCC(=O)Nc2cc(C)c(Cl)cc2OC)cc1. The standard InChI is InChI=1S/C20H20ClN3O5S/c1-12-10-16(17(28-3)11-15(12)21)22-18(25)8-9-30-19-20(26)29-23-24(19)13-4-6-14(27-2)7-5-13/h4-7,10-11H,8-9H2,1-3H3,(H-,22,23,25,26)/p+1. The number of ether oxygens (including phenoxy) is 2. The first-order valence-corrected chi connectivity index (χ1v) is 10.3. The highest BCUT2D eigenvalue weighted by Gasteiger charge is 2.24. The Hall–Kier alpha value is -2.91. The highest BCUT2D eigenvalue weighted by atomic mass is 35.5. The van der Waals surface area contributed by atoms with Gasteiger partial charge < -0.3 is 14.8 Å². The Morgan fingerprint density at radius 1 is 1.23 bits per heavy atom. The smallest absolute Gasteiger partial charge is 0.442 e. The van der Waals surface area contributed by atoms with Crippen LogP contribution in [0.5, 0.6) is 11.5 Å². The van der Waals surface area contributed by atoms with Crippen molar-refractivity contribution in [3.05, 3.63) is 57.4 Å². The minimum atomic E-state index is -0.508. The van der Waals surface area contributed by atoms with E-state index in [9.17, 15) is 9.59 Å². The second-order valence-electron chi connectivity index (χ2n) is 6.27. The van der Waals surface area contributed by atoms with Crippen LogP contribution >= 0.6 is 23.4 Å². The van der Waals surface area contributed by atoms with E-state index in [1.54, 1.807) is 43.5 Å². The van der Waals surface area contributed by atoms with Crippen molar-refractivity contribution in [3.8, 4) is 17.2 Å². The molecule has 1 heterocycles. The van der Waals surface area contributed by atoms with E-state index in [1.165, 1.54) is 23.6 Å². The molecule has 0 radical (unpaired) electrons. The molecule has 0 fully saturated rings. The van der Waals surface area contributed by atoms with Crippen LogP contribution in [-0.2, 0) is 4.79 Å². The maximum Gasteiger partial charge on any atom is 0.442 e. The lowest BCUT2D eigenvalue weighted by Crippen LogP contribution is -2.36. The lowest BCUT2D eigenvalue weighted by atomic mass is 10.2. The summed E-state index contributed by atoms with van der Waals surface area (Å²) in [5.74, 6) is 1.34. The van der Waals surface area contributed by atoms with Crippen LogP contribution in [0.3, 0.4) is 0 Å². The number of nitrogens with one attached hydrogen (secondary N) is 2. The molecule has 1 amide bonds. The number of carbonyl (C=O) groups is 1. The average Bonchev–Trinajstić information content (AvgIpc) is 3.11. The third-order valence-electron chi connectivity index (χ3n) is 4.26. The number of methoxy groups -OCH3 is 2. The van der Waals surface area contributed by atoms with Crippen molar-refractivity contribution in [2.45, 2.75) is 18.4 Å². The molecule has 0 aliphatic carbocycles. The number of benzene rings is 2. The maximum absolute atomic E-state index is 12.4. The van der Waals surface area contributed by atoms with Gasteiger partial charge in [0.25, 0.3) is 0 Å². The summed E-state index contributed by atoms with van der Waals surface area (Å²) in [6.45, 7) is 1.84. The van der Waals surface area contributed by atoms with Gasteiger partial charge in [-0.25, -0.2) is 4.79 Å². The number of amides is 1. The van der Waals surface area contributed by atoms with Gasteiger partial charge in [0.05, 0.1) is 19.9 Å². The van der Waals surface area contributed by atoms with Gasteiger partial charge in [-0.3, -0.25) is 9.32 Å². The molecule has 0 saturated heterocycles. The zero-order valence-electron chi connectivity index (χ0n) is 16.7. The topological polar surface area (TPSA) is 97.4 Å². The van der Waals surface area contributed by atoms with Crippen molar-refractivity contribution >= 4 is 35.0 Å². The molecule has 3 rings (SSSR count). The molecule has 1 aromatic heterocycles. The molecule has 10 heteroatoms. The molecule has 0 unspecified atom stereocenters. The number of aromatic nitrogens is 2. The van der Waals surface area contributed by atoms with Crippen LogP contribution in [0.15, 0.2) is 50.7 Å². The van der Waals surface area contributed by atoms with E-state index in [1.807, 2.05) is 6.92 Å². The fourth-order valence-corrected chi connectivity index (χ4v) is 3.74. The molecule has 0 atom stereocenters. The van der Waals surface area contributed by atoms with Gasteiger partial charge in [0, 0.05) is 35.4 Å². The van der Waals surface area contributed by atoms with Gasteiger partial charge in [-0.1, -0.05) is 11.6 Å². The van der Waals surface area contributed by atoms with Crippen LogP contribution in [0.2, 0.25) is 5.02 Å². The fourth-order valence-electron chi connectivity index (χ4n) is 2.67. The molecule has 0 bridgehead atoms. The second-order valence-corrected chi connectivity index (χ2v) is 7.76. The molecule has 2 aromatic carbocycles. The summed E-state index contributed by atoms with van der Waals surface area (Å²) in [5.41, 5.74) is 1.57. The summed E-state index contributed by atoms with van der Waals surface area (Å²) < 4.78 is 16.8. The number of aromatic amines is 1. The van der Waals surface area contributed by atoms with Crippen molar-refractivity contribution in [1.29, 1.82) is 0 Å². The Balaban J connectivity index is 1.64. The fraction of sp³-hybridized carbons (Fsp3) is 0.250. The summed E-state index contributed by atoms with van der Waals surface area (Å²) in [4.78, 5) is 24.4. The summed E-state index contributed by atoms with van der Waals surface area (Å²) in [7, 11) is 3.09. The number of carbonyl (C=O) groups excluding carboxylic acids is 1. The summed E-state index contributed by atoms with van der Waals surface area (Å²) >= 11 is 7.31. The molecule has 30 heavy (non-hydrogen) atoms. The van der Waals surface area contributed by atoms with Crippen LogP contribution in [0, 0.1) is 6.92 Å². The lowest BCUT2D eigenvalue weighted by Gasteiger charge is -2.12. The van der Waals surface area contributed by atoms with Gasteiger partial charge >= 0.3 is 10.7 Å². The third kappa shape index (κ3) is 4.98. The highest BCUT2D eigenvalue weighted by Crippen LogP contribution is 2.31. The van der Waals surface area contributed by atoms with Gasteiger partial charge in [0.15, 0.2) is 0 Å². The quantitative estimate of drug-likeness (QED) is 0.403. The van der Waals surface area contributed by atoms with Crippen molar-refractivity contribution < 1.29 is 23.5 Å². The maximum atomic E-state index is 12.4. The average molecular weight is 451 g/mol. The Kier molecular flexibility index (Phi) is 7.07.